The molecule has 0 amide bonds. The van der Waals surface area contributed by atoms with E-state index in [1.54, 1.807) is 19.2 Å². The molecule has 9 nitrogen and oxygen atoms in total. The number of aromatic nitrogens is 4. The number of rotatable bonds is 4. The van der Waals surface area contributed by atoms with Gasteiger partial charge in [-0.1, -0.05) is 0 Å². The Balaban J connectivity index is 1.53. The number of ether oxygens (including phenoxy) is 1. The van der Waals surface area contributed by atoms with Gasteiger partial charge in [0, 0.05) is 31.1 Å². The van der Waals surface area contributed by atoms with Gasteiger partial charge in [-0.05, 0) is 43.0 Å². The highest BCUT2D eigenvalue weighted by atomic mass is 19.1. The van der Waals surface area contributed by atoms with Gasteiger partial charge >= 0.3 is 6.01 Å². The van der Waals surface area contributed by atoms with Gasteiger partial charge in [-0.25, -0.2) is 9.37 Å². The minimum Gasteiger partial charge on any atom is -0.423 e. The SMILES string of the molecule is CNc1cc(F)cc2c1[nH]c1nc(Oc3ccc(C#N)nc3)nc(N3C[C@H]4C[C@@H]3C[C@H]4N)c12. The predicted molar refractivity (Wildman–Crippen MR) is 122 cm³/mol. The maximum absolute atomic E-state index is 14.4. The number of nitrogens with zero attached hydrogens (tertiary/aromatic N) is 5. The molecule has 1 saturated heterocycles. The third-order valence-electron chi connectivity index (χ3n) is 6.68. The Morgan fingerprint density at radius 3 is 2.85 bits per heavy atom. The van der Waals surface area contributed by atoms with E-state index in [1.807, 2.05) is 6.07 Å². The first-order chi connectivity index (χ1) is 16.0. The molecule has 2 aliphatic rings. The van der Waals surface area contributed by atoms with Crippen LogP contribution in [0.5, 0.6) is 11.8 Å². The number of aromatic amines is 1. The summed E-state index contributed by atoms with van der Waals surface area (Å²) in [5.74, 6) is 1.19. The zero-order valence-electron chi connectivity index (χ0n) is 17.8. The van der Waals surface area contributed by atoms with Crippen molar-refractivity contribution >= 4 is 33.4 Å². The monoisotopic (exact) mass is 444 g/mol. The molecule has 166 valence electrons. The van der Waals surface area contributed by atoms with Crippen LogP contribution in [-0.4, -0.2) is 45.6 Å². The van der Waals surface area contributed by atoms with Crippen LogP contribution in [0.3, 0.4) is 0 Å². The Morgan fingerprint density at radius 2 is 2.18 bits per heavy atom. The molecule has 2 fully saturated rings. The van der Waals surface area contributed by atoms with Crippen LogP contribution in [0.2, 0.25) is 0 Å². The molecule has 0 spiro atoms. The zero-order chi connectivity index (χ0) is 22.7. The molecule has 4 aromatic rings. The van der Waals surface area contributed by atoms with Crippen molar-refractivity contribution in [3.8, 4) is 17.8 Å². The molecule has 3 atom stereocenters. The predicted octanol–water partition coefficient (Wildman–Crippen LogP) is 3.28. The first kappa shape index (κ1) is 19.7. The van der Waals surface area contributed by atoms with Gasteiger partial charge in [0.1, 0.15) is 34.8 Å². The molecule has 4 N–H and O–H groups in total. The molecule has 33 heavy (non-hydrogen) atoms. The van der Waals surface area contributed by atoms with E-state index in [1.165, 1.54) is 18.3 Å². The summed E-state index contributed by atoms with van der Waals surface area (Å²) in [7, 11) is 1.75. The Kier molecular flexibility index (Phi) is 4.35. The van der Waals surface area contributed by atoms with E-state index < -0.39 is 0 Å². The molecule has 2 bridgehead atoms. The van der Waals surface area contributed by atoms with Gasteiger partial charge in [0.15, 0.2) is 0 Å². The van der Waals surface area contributed by atoms with Gasteiger partial charge in [0.2, 0.25) is 0 Å². The van der Waals surface area contributed by atoms with Crippen molar-refractivity contribution in [1.29, 1.82) is 5.26 Å². The maximum Gasteiger partial charge on any atom is 0.326 e. The van der Waals surface area contributed by atoms with Crippen LogP contribution in [0.4, 0.5) is 15.9 Å². The number of anilines is 2. The number of piperidine rings is 1. The lowest BCUT2D eigenvalue weighted by Crippen LogP contribution is -2.41. The van der Waals surface area contributed by atoms with E-state index in [-0.39, 0.29) is 23.9 Å². The van der Waals surface area contributed by atoms with Gasteiger partial charge < -0.3 is 25.7 Å². The zero-order valence-corrected chi connectivity index (χ0v) is 17.8. The lowest BCUT2D eigenvalue weighted by Gasteiger charge is -2.31. The van der Waals surface area contributed by atoms with Crippen LogP contribution in [0.25, 0.3) is 21.9 Å². The number of H-pyrrole nitrogens is 1. The van der Waals surface area contributed by atoms with E-state index in [2.05, 4.69) is 25.2 Å². The van der Waals surface area contributed by atoms with Gasteiger partial charge in [-0.3, -0.25) is 0 Å². The summed E-state index contributed by atoms with van der Waals surface area (Å²) in [6, 6.07) is 8.77. The first-order valence-corrected chi connectivity index (χ1v) is 10.8. The summed E-state index contributed by atoms with van der Waals surface area (Å²) in [4.78, 5) is 19.0. The number of hydrogen-bond donors (Lipinski definition) is 3. The molecule has 1 aromatic carbocycles. The van der Waals surface area contributed by atoms with Crippen molar-refractivity contribution in [2.24, 2.45) is 11.7 Å². The number of hydrogen-bond acceptors (Lipinski definition) is 8. The highest BCUT2D eigenvalue weighted by molar-refractivity contribution is 6.14. The summed E-state index contributed by atoms with van der Waals surface area (Å²) in [6.07, 6.45) is 3.37. The minimum absolute atomic E-state index is 0.147. The van der Waals surface area contributed by atoms with Crippen molar-refractivity contribution in [2.45, 2.75) is 24.9 Å². The van der Waals surface area contributed by atoms with Crippen LogP contribution in [0, 0.1) is 23.1 Å². The largest absolute Gasteiger partial charge is 0.423 e. The average Bonchev–Trinajstić information content (AvgIpc) is 3.50. The summed E-state index contributed by atoms with van der Waals surface area (Å²) in [6.45, 7) is 0.788. The molecular formula is C23H21FN8O. The first-order valence-electron chi connectivity index (χ1n) is 10.8. The fourth-order valence-electron chi connectivity index (χ4n) is 5.14. The van der Waals surface area contributed by atoms with Gasteiger partial charge in [-0.2, -0.15) is 15.2 Å². The quantitative estimate of drug-likeness (QED) is 0.437. The number of benzene rings is 1. The van der Waals surface area contributed by atoms with Gasteiger partial charge in [0.05, 0.1) is 22.8 Å². The number of fused-ring (bicyclic) bond motifs is 5. The number of halogens is 1. The third-order valence-corrected chi connectivity index (χ3v) is 6.68. The molecule has 6 rings (SSSR count). The number of nitriles is 1. The van der Waals surface area contributed by atoms with E-state index in [9.17, 15) is 4.39 Å². The summed E-state index contributed by atoms with van der Waals surface area (Å²) >= 11 is 0. The normalized spacial score (nSPS) is 21.6. The van der Waals surface area contributed by atoms with E-state index in [0.717, 1.165) is 30.3 Å². The van der Waals surface area contributed by atoms with Gasteiger partial charge in [0.25, 0.3) is 0 Å². The summed E-state index contributed by atoms with van der Waals surface area (Å²) < 4.78 is 20.4. The molecular weight excluding hydrogens is 423 g/mol. The van der Waals surface area contributed by atoms with Crippen LogP contribution >= 0.6 is 0 Å². The molecule has 0 radical (unpaired) electrons. The van der Waals surface area contributed by atoms with E-state index in [0.29, 0.717) is 39.9 Å². The van der Waals surface area contributed by atoms with Crippen molar-refractivity contribution in [3.63, 3.8) is 0 Å². The summed E-state index contributed by atoms with van der Waals surface area (Å²) in [5, 5.41) is 13.5. The summed E-state index contributed by atoms with van der Waals surface area (Å²) in [5.41, 5.74) is 8.52. The van der Waals surface area contributed by atoms with Crippen molar-refractivity contribution in [1.82, 2.24) is 19.9 Å². The van der Waals surface area contributed by atoms with Crippen LogP contribution in [0.15, 0.2) is 30.5 Å². The number of pyridine rings is 1. The Bertz CT molecular complexity index is 1420. The highest BCUT2D eigenvalue weighted by Gasteiger charge is 2.44. The second-order valence-electron chi connectivity index (χ2n) is 8.60. The average molecular weight is 444 g/mol. The molecule has 0 unspecified atom stereocenters. The second-order valence-corrected chi connectivity index (χ2v) is 8.60. The standard InChI is InChI=1S/C23H21FN8O/c1-27-18-6-12(24)5-16-19-21(29-20(16)18)30-23(33-15-3-2-13(8-25)28-9-15)31-22(19)32-10-11-4-14(32)7-17(11)26/h2-3,5-6,9,11,14,17,27H,4,7,10,26H2,1H3,(H,29,30,31)/t11-,14-,17-/m1/s1. The minimum atomic E-state index is -0.340. The van der Waals surface area contributed by atoms with Gasteiger partial charge in [-0.15, -0.1) is 0 Å². The molecule has 3 aromatic heterocycles. The third kappa shape index (κ3) is 3.12. The maximum atomic E-state index is 14.4. The van der Waals surface area contributed by atoms with Crippen molar-refractivity contribution in [2.75, 3.05) is 23.8 Å². The smallest absolute Gasteiger partial charge is 0.326 e. The Morgan fingerprint density at radius 1 is 1.30 bits per heavy atom. The van der Waals surface area contributed by atoms with Crippen molar-refractivity contribution < 1.29 is 9.13 Å². The molecule has 1 saturated carbocycles. The fraction of sp³-hybridized carbons (Fsp3) is 0.304. The highest BCUT2D eigenvalue weighted by Crippen LogP contribution is 2.44. The Labute approximate surface area is 188 Å². The fourth-order valence-corrected chi connectivity index (χ4v) is 5.14. The van der Waals surface area contributed by atoms with Crippen LogP contribution in [0.1, 0.15) is 18.5 Å². The Hall–Kier alpha value is -3.97. The molecule has 4 heterocycles. The van der Waals surface area contributed by atoms with E-state index in [4.69, 9.17) is 20.7 Å². The van der Waals surface area contributed by atoms with Crippen molar-refractivity contribution in [3.05, 3.63) is 42.0 Å². The number of nitrogens with two attached hydrogens (primary N) is 1. The lowest BCUT2D eigenvalue weighted by molar-refractivity contribution is 0.438. The number of nitrogens with one attached hydrogen (secondary N) is 2. The molecule has 1 aliphatic carbocycles. The van der Waals surface area contributed by atoms with E-state index >= 15 is 0 Å². The molecule has 10 heteroatoms. The second kappa shape index (κ2) is 7.28. The van der Waals surface area contributed by atoms with Crippen LogP contribution < -0.4 is 20.7 Å². The molecule has 1 aliphatic heterocycles. The van der Waals surface area contributed by atoms with Crippen LogP contribution in [-0.2, 0) is 0 Å². The topological polar surface area (TPSA) is 129 Å². The lowest BCUT2D eigenvalue weighted by atomic mass is 10.0.